The number of H-pyrrole nitrogens is 1. The molecule has 0 amide bonds. The van der Waals surface area contributed by atoms with Crippen LogP contribution in [0.3, 0.4) is 0 Å². The summed E-state index contributed by atoms with van der Waals surface area (Å²) in [7, 11) is 0. The topological polar surface area (TPSA) is 184 Å². The fourth-order valence-corrected chi connectivity index (χ4v) is 4.54. The lowest BCUT2D eigenvalue weighted by Crippen LogP contribution is -2.25. The molecule has 0 aliphatic carbocycles. The molecule has 1 aliphatic rings. The van der Waals surface area contributed by atoms with Gasteiger partial charge in [-0.3, -0.25) is 4.68 Å². The lowest BCUT2D eigenvalue weighted by molar-refractivity contribution is -0.192. The number of halogens is 3. The van der Waals surface area contributed by atoms with Crippen molar-refractivity contribution in [3.8, 4) is 29.5 Å². The number of carboxylic acid groups (broad SMARTS) is 1. The standard InChI is InChI=1S/C23H18N10.C2HF3O2/c24-5-1-20(15-4-8-32(12-15)21-3-7-27-19(10-26)18(21)9-25)33-13-16(11-31-33)22-17-2-6-28-23(17)30-14-29-22;3-2(4,5)1(6)7/h2-3,6-7,11,13-15,20H,1,4,8,12H2,(H,28,29,30);(H,6,7)/t15-,20-;/m0./s1. The highest BCUT2D eigenvalue weighted by Gasteiger charge is 2.38. The average Bonchev–Trinajstić information content (AvgIpc) is 3.71. The fraction of sp³-hybridized carbons (Fsp3) is 0.280. The molecule has 15 heteroatoms. The van der Waals surface area contributed by atoms with Gasteiger partial charge in [0.25, 0.3) is 0 Å². The Labute approximate surface area is 224 Å². The number of aromatic nitrogens is 6. The van der Waals surface area contributed by atoms with Crippen LogP contribution in [0, 0.1) is 39.9 Å². The minimum atomic E-state index is -5.08. The molecular formula is C25H19F3N10O2. The largest absolute Gasteiger partial charge is 0.490 e. The third-order valence-electron chi connectivity index (χ3n) is 6.37. The van der Waals surface area contributed by atoms with E-state index >= 15 is 0 Å². The van der Waals surface area contributed by atoms with Crippen molar-refractivity contribution in [3.63, 3.8) is 0 Å². The minimum Gasteiger partial charge on any atom is -0.475 e. The molecule has 2 atom stereocenters. The summed E-state index contributed by atoms with van der Waals surface area (Å²) < 4.78 is 33.6. The first-order chi connectivity index (χ1) is 19.2. The van der Waals surface area contributed by atoms with Gasteiger partial charge in [-0.15, -0.1) is 0 Å². The molecule has 0 saturated carbocycles. The molecule has 1 fully saturated rings. The van der Waals surface area contributed by atoms with Crippen LogP contribution in [0.4, 0.5) is 18.9 Å². The molecule has 4 aromatic rings. The average molecular weight is 548 g/mol. The van der Waals surface area contributed by atoms with Crippen LogP contribution >= 0.6 is 0 Å². The van der Waals surface area contributed by atoms with Gasteiger partial charge in [-0.25, -0.2) is 19.7 Å². The smallest absolute Gasteiger partial charge is 0.475 e. The predicted octanol–water partition coefficient (Wildman–Crippen LogP) is 3.57. The van der Waals surface area contributed by atoms with E-state index in [0.29, 0.717) is 18.7 Å². The molecule has 4 aromatic heterocycles. The summed E-state index contributed by atoms with van der Waals surface area (Å²) >= 11 is 0. The number of aliphatic carboxylic acids is 1. The lowest BCUT2D eigenvalue weighted by atomic mass is 9.96. The maximum atomic E-state index is 10.6. The van der Waals surface area contributed by atoms with Gasteiger partial charge in [-0.05, 0) is 18.6 Å². The highest BCUT2D eigenvalue weighted by Crippen LogP contribution is 2.35. The summed E-state index contributed by atoms with van der Waals surface area (Å²) in [5.74, 6) is -2.60. The Morgan fingerprint density at radius 1 is 1.20 bits per heavy atom. The van der Waals surface area contributed by atoms with E-state index in [1.54, 1.807) is 18.5 Å². The number of nitriles is 3. The zero-order valence-corrected chi connectivity index (χ0v) is 20.5. The molecule has 5 rings (SSSR count). The van der Waals surface area contributed by atoms with Crippen LogP contribution < -0.4 is 4.90 Å². The van der Waals surface area contributed by atoms with Gasteiger partial charge in [0.15, 0.2) is 5.69 Å². The van der Waals surface area contributed by atoms with E-state index in [1.165, 1.54) is 6.33 Å². The number of nitrogens with one attached hydrogen (secondary N) is 1. The highest BCUT2D eigenvalue weighted by atomic mass is 19.4. The molecule has 0 aromatic carbocycles. The van der Waals surface area contributed by atoms with Gasteiger partial charge in [0.05, 0.1) is 36.1 Å². The number of carbonyl (C=O) groups is 1. The van der Waals surface area contributed by atoms with Gasteiger partial charge < -0.3 is 15.0 Å². The molecule has 0 spiro atoms. The molecule has 1 aliphatic heterocycles. The zero-order valence-electron chi connectivity index (χ0n) is 20.5. The van der Waals surface area contributed by atoms with Crippen LogP contribution in [-0.2, 0) is 4.79 Å². The van der Waals surface area contributed by atoms with Crippen molar-refractivity contribution in [2.75, 3.05) is 18.0 Å². The molecule has 5 heterocycles. The second kappa shape index (κ2) is 11.5. The van der Waals surface area contributed by atoms with Crippen molar-refractivity contribution in [2.45, 2.75) is 25.1 Å². The van der Waals surface area contributed by atoms with E-state index in [1.807, 2.05) is 29.2 Å². The third kappa shape index (κ3) is 5.66. The molecule has 202 valence electrons. The molecular weight excluding hydrogens is 529 g/mol. The summed E-state index contributed by atoms with van der Waals surface area (Å²) in [6, 6.07) is 9.98. The Morgan fingerprint density at radius 3 is 2.65 bits per heavy atom. The van der Waals surface area contributed by atoms with E-state index in [4.69, 9.17) is 9.90 Å². The third-order valence-corrected chi connectivity index (χ3v) is 6.37. The summed E-state index contributed by atoms with van der Waals surface area (Å²) in [5.41, 5.74) is 3.53. The van der Waals surface area contributed by atoms with E-state index in [2.05, 4.69) is 42.1 Å². The van der Waals surface area contributed by atoms with Gasteiger partial charge in [0.2, 0.25) is 0 Å². The zero-order chi connectivity index (χ0) is 28.9. The summed E-state index contributed by atoms with van der Waals surface area (Å²) in [6.45, 7) is 1.38. The summed E-state index contributed by atoms with van der Waals surface area (Å²) in [6.07, 6.45) is 4.66. The number of aromatic amines is 1. The van der Waals surface area contributed by atoms with Crippen LogP contribution in [-0.4, -0.2) is 60.1 Å². The number of alkyl halides is 3. The van der Waals surface area contributed by atoms with Crippen molar-refractivity contribution in [3.05, 3.63) is 54.5 Å². The molecule has 40 heavy (non-hydrogen) atoms. The predicted molar refractivity (Wildman–Crippen MR) is 132 cm³/mol. The molecule has 0 unspecified atom stereocenters. The second-order valence-corrected chi connectivity index (χ2v) is 8.68. The minimum absolute atomic E-state index is 0.125. The maximum Gasteiger partial charge on any atom is 0.490 e. The van der Waals surface area contributed by atoms with Crippen molar-refractivity contribution in [1.29, 1.82) is 15.8 Å². The molecule has 0 bridgehead atoms. The SMILES string of the molecule is N#CC[C@@H]([C@H]1CCN(c2ccnc(C#N)c2C#N)C1)n1cc(-c2ncnc3[nH]ccc23)cn1.O=C(O)C(F)(F)F. The van der Waals surface area contributed by atoms with E-state index in [9.17, 15) is 29.0 Å². The normalized spacial score (nSPS) is 15.4. The lowest BCUT2D eigenvalue weighted by Gasteiger charge is -2.24. The van der Waals surface area contributed by atoms with Gasteiger partial charge in [-0.1, -0.05) is 0 Å². The van der Waals surface area contributed by atoms with Crippen molar-refractivity contribution >= 4 is 22.7 Å². The Kier molecular flexibility index (Phi) is 7.91. The van der Waals surface area contributed by atoms with Gasteiger partial charge in [0, 0.05) is 48.5 Å². The first-order valence-electron chi connectivity index (χ1n) is 11.7. The number of hydrogen-bond acceptors (Lipinski definition) is 9. The number of nitrogens with zero attached hydrogens (tertiary/aromatic N) is 9. The fourth-order valence-electron chi connectivity index (χ4n) is 4.54. The van der Waals surface area contributed by atoms with Gasteiger partial charge >= 0.3 is 12.1 Å². The number of fused-ring (bicyclic) bond motifs is 1. The van der Waals surface area contributed by atoms with Gasteiger partial charge in [0.1, 0.15) is 29.7 Å². The second-order valence-electron chi connectivity index (χ2n) is 8.68. The van der Waals surface area contributed by atoms with Crippen LogP contribution in [0.2, 0.25) is 0 Å². The van der Waals surface area contributed by atoms with E-state index in [-0.39, 0.29) is 23.2 Å². The van der Waals surface area contributed by atoms with Crippen molar-refractivity contribution in [1.82, 2.24) is 29.7 Å². The van der Waals surface area contributed by atoms with Crippen LogP contribution in [0.15, 0.2) is 43.2 Å². The van der Waals surface area contributed by atoms with E-state index < -0.39 is 12.1 Å². The Balaban J connectivity index is 0.000000470. The summed E-state index contributed by atoms with van der Waals surface area (Å²) in [4.78, 5) is 26.7. The Bertz CT molecular complexity index is 1660. The Hall–Kier alpha value is -5.49. The van der Waals surface area contributed by atoms with Gasteiger partial charge in [-0.2, -0.15) is 34.1 Å². The number of rotatable bonds is 5. The molecule has 0 radical (unpaired) electrons. The number of pyridine rings is 1. The monoisotopic (exact) mass is 548 g/mol. The first kappa shape index (κ1) is 27.5. The van der Waals surface area contributed by atoms with Crippen molar-refractivity contribution < 1.29 is 23.1 Å². The highest BCUT2D eigenvalue weighted by molar-refractivity contribution is 5.90. The molecule has 12 nitrogen and oxygen atoms in total. The van der Waals surface area contributed by atoms with Crippen LogP contribution in [0.1, 0.15) is 30.1 Å². The first-order valence-corrected chi connectivity index (χ1v) is 11.7. The summed E-state index contributed by atoms with van der Waals surface area (Å²) in [5, 5.41) is 41.0. The number of hydrogen-bond donors (Lipinski definition) is 2. The molecule has 2 N–H and O–H groups in total. The maximum absolute atomic E-state index is 10.6. The van der Waals surface area contributed by atoms with E-state index in [0.717, 1.165) is 35.3 Å². The quantitative estimate of drug-likeness (QED) is 0.374. The van der Waals surface area contributed by atoms with Crippen LogP contribution in [0.5, 0.6) is 0 Å². The van der Waals surface area contributed by atoms with Crippen LogP contribution in [0.25, 0.3) is 22.3 Å². The Morgan fingerprint density at radius 2 is 1.98 bits per heavy atom. The number of carboxylic acids is 1. The molecule has 1 saturated heterocycles. The van der Waals surface area contributed by atoms with Crippen molar-refractivity contribution in [2.24, 2.45) is 5.92 Å². The number of anilines is 1.